The SMILES string of the molecule is CCCN(CC1CCCN1)C(=O)c1ccncc1OC. The van der Waals surface area contributed by atoms with Crippen molar-refractivity contribution in [1.29, 1.82) is 0 Å². The van der Waals surface area contributed by atoms with Gasteiger partial charge in [0.15, 0.2) is 0 Å². The van der Waals surface area contributed by atoms with Crippen LogP contribution in [-0.2, 0) is 0 Å². The van der Waals surface area contributed by atoms with Crippen LogP contribution in [0.5, 0.6) is 5.75 Å². The molecule has 2 heterocycles. The van der Waals surface area contributed by atoms with Crippen molar-refractivity contribution in [2.24, 2.45) is 0 Å². The maximum Gasteiger partial charge on any atom is 0.257 e. The molecule has 0 bridgehead atoms. The Labute approximate surface area is 120 Å². The van der Waals surface area contributed by atoms with E-state index in [0.29, 0.717) is 17.4 Å². The summed E-state index contributed by atoms with van der Waals surface area (Å²) in [5.74, 6) is 0.567. The number of methoxy groups -OCH3 is 1. The van der Waals surface area contributed by atoms with Crippen LogP contribution < -0.4 is 10.1 Å². The second-order valence-corrected chi connectivity index (χ2v) is 5.12. The molecule has 1 aliphatic heterocycles. The first-order chi connectivity index (χ1) is 9.76. The summed E-state index contributed by atoms with van der Waals surface area (Å²) < 4.78 is 5.24. The van der Waals surface area contributed by atoms with Crippen LogP contribution in [0.2, 0.25) is 0 Å². The third kappa shape index (κ3) is 3.48. The molecule has 110 valence electrons. The largest absolute Gasteiger partial charge is 0.494 e. The Morgan fingerprint density at radius 1 is 1.60 bits per heavy atom. The summed E-state index contributed by atoms with van der Waals surface area (Å²) in [6.07, 6.45) is 6.50. The van der Waals surface area contributed by atoms with Gasteiger partial charge in [-0.25, -0.2) is 0 Å². The van der Waals surface area contributed by atoms with Gasteiger partial charge in [-0.2, -0.15) is 0 Å². The highest BCUT2D eigenvalue weighted by Gasteiger charge is 2.23. The molecular formula is C15H23N3O2. The molecule has 0 spiro atoms. The summed E-state index contributed by atoms with van der Waals surface area (Å²) in [6.45, 7) is 4.67. The van der Waals surface area contributed by atoms with Crippen LogP contribution in [0.25, 0.3) is 0 Å². The number of ether oxygens (including phenoxy) is 1. The summed E-state index contributed by atoms with van der Waals surface area (Å²) in [4.78, 5) is 18.6. The van der Waals surface area contributed by atoms with Gasteiger partial charge in [0.2, 0.25) is 0 Å². The second kappa shape index (κ2) is 7.24. The number of hydrogen-bond donors (Lipinski definition) is 1. The van der Waals surface area contributed by atoms with Gasteiger partial charge in [0.25, 0.3) is 5.91 Å². The highest BCUT2D eigenvalue weighted by molar-refractivity contribution is 5.96. The molecule has 1 saturated heterocycles. The molecule has 5 nitrogen and oxygen atoms in total. The fourth-order valence-corrected chi connectivity index (χ4v) is 2.61. The predicted octanol–water partition coefficient (Wildman–Crippen LogP) is 1.69. The molecule has 1 unspecified atom stereocenters. The summed E-state index contributed by atoms with van der Waals surface area (Å²) in [5, 5.41) is 3.44. The van der Waals surface area contributed by atoms with Gasteiger partial charge < -0.3 is 15.0 Å². The Morgan fingerprint density at radius 3 is 3.10 bits per heavy atom. The van der Waals surface area contributed by atoms with E-state index in [1.807, 2.05) is 4.90 Å². The van der Waals surface area contributed by atoms with E-state index in [1.165, 1.54) is 6.42 Å². The maximum absolute atomic E-state index is 12.7. The first kappa shape index (κ1) is 14.8. The molecule has 0 aromatic carbocycles. The van der Waals surface area contributed by atoms with E-state index in [1.54, 1.807) is 25.6 Å². The molecule has 1 aliphatic rings. The number of hydrogen-bond acceptors (Lipinski definition) is 4. The van der Waals surface area contributed by atoms with Crippen molar-refractivity contribution < 1.29 is 9.53 Å². The first-order valence-electron chi connectivity index (χ1n) is 7.27. The zero-order valence-corrected chi connectivity index (χ0v) is 12.3. The number of carbonyl (C=O) groups excluding carboxylic acids is 1. The lowest BCUT2D eigenvalue weighted by atomic mass is 10.1. The van der Waals surface area contributed by atoms with E-state index in [0.717, 1.165) is 32.5 Å². The van der Waals surface area contributed by atoms with Gasteiger partial charge in [-0.1, -0.05) is 6.92 Å². The molecule has 0 aliphatic carbocycles. The van der Waals surface area contributed by atoms with Crippen LogP contribution in [0.15, 0.2) is 18.5 Å². The smallest absolute Gasteiger partial charge is 0.257 e. The van der Waals surface area contributed by atoms with Crippen molar-refractivity contribution in [2.45, 2.75) is 32.2 Å². The molecule has 1 atom stereocenters. The van der Waals surface area contributed by atoms with Gasteiger partial charge in [0.05, 0.1) is 18.9 Å². The number of aromatic nitrogens is 1. The number of amides is 1. The zero-order valence-electron chi connectivity index (χ0n) is 12.3. The molecule has 1 aromatic heterocycles. The van der Waals surface area contributed by atoms with Gasteiger partial charge in [-0.05, 0) is 31.9 Å². The van der Waals surface area contributed by atoms with Crippen molar-refractivity contribution >= 4 is 5.91 Å². The van der Waals surface area contributed by atoms with Crippen molar-refractivity contribution in [1.82, 2.24) is 15.2 Å². The van der Waals surface area contributed by atoms with E-state index in [-0.39, 0.29) is 5.91 Å². The summed E-state index contributed by atoms with van der Waals surface area (Å²) in [7, 11) is 1.57. The standard InChI is InChI=1S/C15H23N3O2/c1-3-9-18(11-12-5-4-7-17-12)15(19)13-6-8-16-10-14(13)20-2/h6,8,10,12,17H,3-5,7,9,11H2,1-2H3. The number of carbonyl (C=O) groups is 1. The minimum absolute atomic E-state index is 0.0276. The lowest BCUT2D eigenvalue weighted by Gasteiger charge is -2.26. The topological polar surface area (TPSA) is 54.5 Å². The Morgan fingerprint density at radius 2 is 2.45 bits per heavy atom. The van der Waals surface area contributed by atoms with Crippen LogP contribution in [0.4, 0.5) is 0 Å². The van der Waals surface area contributed by atoms with Crippen LogP contribution in [-0.4, -0.2) is 48.6 Å². The summed E-state index contributed by atoms with van der Waals surface area (Å²) in [5.41, 5.74) is 0.592. The van der Waals surface area contributed by atoms with E-state index in [9.17, 15) is 4.79 Å². The fraction of sp³-hybridized carbons (Fsp3) is 0.600. The Hall–Kier alpha value is -1.62. The van der Waals surface area contributed by atoms with Crippen molar-refractivity contribution in [3.8, 4) is 5.75 Å². The summed E-state index contributed by atoms with van der Waals surface area (Å²) in [6, 6.07) is 2.14. The quantitative estimate of drug-likeness (QED) is 0.860. The lowest BCUT2D eigenvalue weighted by molar-refractivity contribution is 0.0738. The molecule has 1 aromatic rings. The molecule has 5 heteroatoms. The number of nitrogens with zero attached hydrogens (tertiary/aromatic N) is 2. The van der Waals surface area contributed by atoms with Crippen LogP contribution in [0.1, 0.15) is 36.5 Å². The predicted molar refractivity (Wildman–Crippen MR) is 78.0 cm³/mol. The molecule has 20 heavy (non-hydrogen) atoms. The molecule has 1 amide bonds. The van der Waals surface area contributed by atoms with Crippen LogP contribution >= 0.6 is 0 Å². The molecular weight excluding hydrogens is 254 g/mol. The van der Waals surface area contributed by atoms with Crippen LogP contribution in [0.3, 0.4) is 0 Å². The van der Waals surface area contributed by atoms with E-state index >= 15 is 0 Å². The normalized spacial score (nSPS) is 18.0. The zero-order chi connectivity index (χ0) is 14.4. The van der Waals surface area contributed by atoms with Gasteiger partial charge in [0.1, 0.15) is 5.75 Å². The highest BCUT2D eigenvalue weighted by atomic mass is 16.5. The Balaban J connectivity index is 2.12. The lowest BCUT2D eigenvalue weighted by Crippen LogP contribution is -2.41. The van der Waals surface area contributed by atoms with Crippen molar-refractivity contribution in [3.05, 3.63) is 24.0 Å². The van der Waals surface area contributed by atoms with Gasteiger partial charge in [-0.3, -0.25) is 9.78 Å². The Bertz CT molecular complexity index is 444. The van der Waals surface area contributed by atoms with E-state index in [4.69, 9.17) is 4.74 Å². The molecule has 0 saturated carbocycles. The molecule has 1 fully saturated rings. The molecule has 1 N–H and O–H groups in total. The highest BCUT2D eigenvalue weighted by Crippen LogP contribution is 2.19. The average Bonchev–Trinajstić information content (AvgIpc) is 2.99. The van der Waals surface area contributed by atoms with Crippen LogP contribution in [0, 0.1) is 0 Å². The number of pyridine rings is 1. The number of rotatable bonds is 6. The minimum atomic E-state index is 0.0276. The molecule has 2 rings (SSSR count). The van der Waals surface area contributed by atoms with E-state index < -0.39 is 0 Å². The maximum atomic E-state index is 12.7. The fourth-order valence-electron chi connectivity index (χ4n) is 2.61. The summed E-state index contributed by atoms with van der Waals surface area (Å²) >= 11 is 0. The van der Waals surface area contributed by atoms with E-state index in [2.05, 4.69) is 17.2 Å². The average molecular weight is 277 g/mol. The van der Waals surface area contributed by atoms with Gasteiger partial charge in [-0.15, -0.1) is 0 Å². The third-order valence-electron chi connectivity index (χ3n) is 3.62. The third-order valence-corrected chi connectivity index (χ3v) is 3.62. The Kier molecular flexibility index (Phi) is 5.35. The van der Waals surface area contributed by atoms with Gasteiger partial charge in [0, 0.05) is 25.3 Å². The number of nitrogens with one attached hydrogen (secondary N) is 1. The first-order valence-corrected chi connectivity index (χ1v) is 7.27. The van der Waals surface area contributed by atoms with Gasteiger partial charge >= 0.3 is 0 Å². The van der Waals surface area contributed by atoms with Crippen molar-refractivity contribution in [3.63, 3.8) is 0 Å². The minimum Gasteiger partial charge on any atom is -0.494 e. The monoisotopic (exact) mass is 277 g/mol. The second-order valence-electron chi connectivity index (χ2n) is 5.12. The molecule has 0 radical (unpaired) electrons. The van der Waals surface area contributed by atoms with Crippen molar-refractivity contribution in [2.75, 3.05) is 26.7 Å².